The van der Waals surface area contributed by atoms with Gasteiger partial charge in [0.1, 0.15) is 22.2 Å². The minimum atomic E-state index is -0.164. The number of halogens is 1. The van der Waals surface area contributed by atoms with E-state index >= 15 is 0 Å². The van der Waals surface area contributed by atoms with Crippen molar-refractivity contribution in [2.24, 2.45) is 0 Å². The van der Waals surface area contributed by atoms with E-state index in [0.29, 0.717) is 23.1 Å². The van der Waals surface area contributed by atoms with Gasteiger partial charge >= 0.3 is 0 Å². The van der Waals surface area contributed by atoms with Crippen LogP contribution in [-0.4, -0.2) is 24.0 Å². The van der Waals surface area contributed by atoms with E-state index in [1.165, 1.54) is 11.3 Å². The summed E-state index contributed by atoms with van der Waals surface area (Å²) in [6.45, 7) is 0.832. The molecule has 0 unspecified atom stereocenters. The second-order valence-corrected chi connectivity index (χ2v) is 6.36. The smallest absolute Gasteiger partial charge is 0.263 e. The number of aromatic nitrogens is 1. The number of thiazole rings is 1. The molecule has 1 heterocycles. The SMILES string of the molecule is O=C(NCCOc1ccccc1)c1cnc(-c2ccccc2Cl)s1. The number of nitrogens with one attached hydrogen (secondary N) is 1. The molecular formula is C18H15ClN2O2S. The Labute approximate surface area is 149 Å². The highest BCUT2D eigenvalue weighted by molar-refractivity contribution is 7.17. The molecule has 1 N–H and O–H groups in total. The van der Waals surface area contributed by atoms with Crippen molar-refractivity contribution in [3.8, 4) is 16.3 Å². The zero-order valence-corrected chi connectivity index (χ0v) is 14.3. The molecule has 0 spiro atoms. The number of carbonyl (C=O) groups is 1. The van der Waals surface area contributed by atoms with Gasteiger partial charge in [0.05, 0.1) is 17.8 Å². The van der Waals surface area contributed by atoms with Crippen molar-refractivity contribution in [3.63, 3.8) is 0 Å². The van der Waals surface area contributed by atoms with Crippen LogP contribution in [0.4, 0.5) is 0 Å². The normalized spacial score (nSPS) is 10.4. The molecule has 6 heteroatoms. The molecule has 1 aromatic heterocycles. The van der Waals surface area contributed by atoms with Gasteiger partial charge in [-0.2, -0.15) is 0 Å². The molecule has 0 atom stereocenters. The third kappa shape index (κ3) is 4.13. The van der Waals surface area contributed by atoms with Crippen LogP contribution in [0.1, 0.15) is 9.67 Å². The Kier molecular flexibility index (Phi) is 5.46. The molecule has 0 aliphatic carbocycles. The summed E-state index contributed by atoms with van der Waals surface area (Å²) < 4.78 is 5.54. The molecule has 3 aromatic rings. The fourth-order valence-electron chi connectivity index (χ4n) is 2.08. The van der Waals surface area contributed by atoms with Crippen LogP contribution in [0.3, 0.4) is 0 Å². The second-order valence-electron chi connectivity index (χ2n) is 4.93. The molecule has 3 rings (SSSR count). The standard InChI is InChI=1S/C18H15ClN2O2S/c19-15-9-5-4-8-14(15)18-21-12-16(24-18)17(22)20-10-11-23-13-6-2-1-3-7-13/h1-9,12H,10-11H2,(H,20,22). The number of para-hydroxylation sites is 1. The molecule has 24 heavy (non-hydrogen) atoms. The summed E-state index contributed by atoms with van der Waals surface area (Å²) >= 11 is 7.47. The highest BCUT2D eigenvalue weighted by atomic mass is 35.5. The molecule has 0 saturated heterocycles. The predicted octanol–water partition coefficient (Wildman–Crippen LogP) is 4.27. The lowest BCUT2D eigenvalue weighted by molar-refractivity contribution is 0.0951. The van der Waals surface area contributed by atoms with Crippen LogP contribution < -0.4 is 10.1 Å². The Morgan fingerprint density at radius 3 is 2.67 bits per heavy atom. The lowest BCUT2D eigenvalue weighted by Crippen LogP contribution is -2.27. The maximum absolute atomic E-state index is 12.2. The third-order valence-electron chi connectivity index (χ3n) is 3.23. The number of ether oxygens (including phenoxy) is 1. The van der Waals surface area contributed by atoms with Crippen molar-refractivity contribution in [1.29, 1.82) is 0 Å². The molecule has 2 aromatic carbocycles. The van der Waals surface area contributed by atoms with Crippen molar-refractivity contribution in [1.82, 2.24) is 10.3 Å². The van der Waals surface area contributed by atoms with Crippen molar-refractivity contribution < 1.29 is 9.53 Å². The van der Waals surface area contributed by atoms with Crippen LogP contribution >= 0.6 is 22.9 Å². The number of hydrogen-bond acceptors (Lipinski definition) is 4. The molecule has 4 nitrogen and oxygen atoms in total. The van der Waals surface area contributed by atoms with Gasteiger partial charge < -0.3 is 10.1 Å². The molecule has 0 aliphatic rings. The van der Waals surface area contributed by atoms with Crippen LogP contribution in [0.5, 0.6) is 5.75 Å². The van der Waals surface area contributed by atoms with Gasteiger partial charge in [-0.3, -0.25) is 4.79 Å². The van der Waals surface area contributed by atoms with E-state index in [9.17, 15) is 4.79 Å². The number of carbonyl (C=O) groups excluding carboxylic acids is 1. The lowest BCUT2D eigenvalue weighted by Gasteiger charge is -2.06. The number of amides is 1. The Balaban J connectivity index is 1.54. The number of nitrogens with zero attached hydrogens (tertiary/aromatic N) is 1. The second kappa shape index (κ2) is 7.95. The van der Waals surface area contributed by atoms with E-state index < -0.39 is 0 Å². The Hall–Kier alpha value is -2.37. The monoisotopic (exact) mass is 358 g/mol. The largest absolute Gasteiger partial charge is 0.492 e. The average molecular weight is 359 g/mol. The molecule has 0 fully saturated rings. The van der Waals surface area contributed by atoms with E-state index in [1.54, 1.807) is 12.3 Å². The fraction of sp³-hybridized carbons (Fsp3) is 0.111. The maximum Gasteiger partial charge on any atom is 0.263 e. The first-order valence-electron chi connectivity index (χ1n) is 7.41. The number of hydrogen-bond donors (Lipinski definition) is 1. The van der Waals surface area contributed by atoms with Crippen molar-refractivity contribution >= 4 is 28.8 Å². The van der Waals surface area contributed by atoms with E-state index in [0.717, 1.165) is 16.3 Å². The van der Waals surface area contributed by atoms with Gasteiger partial charge in [-0.05, 0) is 18.2 Å². The summed E-state index contributed by atoms with van der Waals surface area (Å²) in [5.41, 5.74) is 0.829. The maximum atomic E-state index is 12.2. The molecule has 0 aliphatic heterocycles. The Morgan fingerprint density at radius 1 is 1.12 bits per heavy atom. The molecular weight excluding hydrogens is 344 g/mol. The zero-order valence-electron chi connectivity index (χ0n) is 12.7. The topological polar surface area (TPSA) is 51.2 Å². The van der Waals surface area contributed by atoms with Crippen LogP contribution in [0.25, 0.3) is 10.6 Å². The van der Waals surface area contributed by atoms with E-state index in [2.05, 4.69) is 10.3 Å². The first-order chi connectivity index (χ1) is 11.7. The van der Waals surface area contributed by atoms with Gasteiger partial charge in [-0.1, -0.05) is 48.0 Å². The lowest BCUT2D eigenvalue weighted by atomic mass is 10.2. The summed E-state index contributed by atoms with van der Waals surface area (Å²) in [5.74, 6) is 0.619. The van der Waals surface area contributed by atoms with Gasteiger partial charge in [0.15, 0.2) is 0 Å². The summed E-state index contributed by atoms with van der Waals surface area (Å²) in [6.07, 6.45) is 1.57. The van der Waals surface area contributed by atoms with Crippen molar-refractivity contribution in [2.75, 3.05) is 13.2 Å². The number of benzene rings is 2. The van der Waals surface area contributed by atoms with Crippen LogP contribution in [-0.2, 0) is 0 Å². The summed E-state index contributed by atoms with van der Waals surface area (Å²) in [4.78, 5) is 17.0. The first kappa shape index (κ1) is 16.5. The van der Waals surface area contributed by atoms with Crippen LogP contribution in [0.2, 0.25) is 5.02 Å². The molecule has 0 saturated carbocycles. The Bertz CT molecular complexity index is 821. The van der Waals surface area contributed by atoms with E-state index in [-0.39, 0.29) is 5.91 Å². The van der Waals surface area contributed by atoms with Crippen LogP contribution in [0.15, 0.2) is 60.8 Å². The summed E-state index contributed by atoms with van der Waals surface area (Å²) in [7, 11) is 0. The molecule has 1 amide bonds. The highest BCUT2D eigenvalue weighted by Crippen LogP contribution is 2.30. The van der Waals surface area contributed by atoms with Crippen molar-refractivity contribution in [3.05, 3.63) is 70.7 Å². The zero-order chi connectivity index (χ0) is 16.8. The highest BCUT2D eigenvalue weighted by Gasteiger charge is 2.13. The van der Waals surface area contributed by atoms with Gasteiger partial charge in [0.25, 0.3) is 5.91 Å². The minimum Gasteiger partial charge on any atom is -0.492 e. The fourth-order valence-corrected chi connectivity index (χ4v) is 3.23. The van der Waals surface area contributed by atoms with Crippen molar-refractivity contribution in [2.45, 2.75) is 0 Å². The van der Waals surface area contributed by atoms with E-state index in [4.69, 9.17) is 16.3 Å². The molecule has 0 radical (unpaired) electrons. The minimum absolute atomic E-state index is 0.164. The Morgan fingerprint density at radius 2 is 1.88 bits per heavy atom. The summed E-state index contributed by atoms with van der Waals surface area (Å²) in [5, 5.41) is 4.17. The van der Waals surface area contributed by atoms with Gasteiger partial charge in [-0.25, -0.2) is 4.98 Å². The predicted molar refractivity (Wildman–Crippen MR) is 96.8 cm³/mol. The third-order valence-corrected chi connectivity index (χ3v) is 4.59. The van der Waals surface area contributed by atoms with Gasteiger partial charge in [0.2, 0.25) is 0 Å². The van der Waals surface area contributed by atoms with E-state index in [1.807, 2.05) is 48.5 Å². The first-order valence-corrected chi connectivity index (χ1v) is 8.60. The molecule has 0 bridgehead atoms. The average Bonchev–Trinajstić information content (AvgIpc) is 3.10. The number of rotatable bonds is 6. The quantitative estimate of drug-likeness (QED) is 0.669. The van der Waals surface area contributed by atoms with Gasteiger partial charge in [0, 0.05) is 5.56 Å². The summed E-state index contributed by atoms with van der Waals surface area (Å²) in [6, 6.07) is 16.9. The molecule has 122 valence electrons. The van der Waals surface area contributed by atoms with Gasteiger partial charge in [-0.15, -0.1) is 11.3 Å². The van der Waals surface area contributed by atoms with Crippen LogP contribution in [0, 0.1) is 0 Å².